The number of aromatic nitrogens is 3. The summed E-state index contributed by atoms with van der Waals surface area (Å²) in [6.45, 7) is 3.26. The zero-order valence-electron chi connectivity index (χ0n) is 10.1. The topological polar surface area (TPSA) is 133 Å². The average Bonchev–Trinajstić information content (AvgIpc) is 2.73. The van der Waals surface area contributed by atoms with Crippen molar-refractivity contribution < 1.29 is 9.34 Å². The third-order valence-corrected chi connectivity index (χ3v) is 2.96. The number of hydrazine groups is 1. The van der Waals surface area contributed by atoms with Crippen molar-refractivity contribution in [1.29, 1.82) is 0 Å². The largest absolute Gasteiger partial charge is 0.439 e. The Labute approximate surface area is 111 Å². The van der Waals surface area contributed by atoms with Crippen molar-refractivity contribution >= 4 is 23.4 Å². The van der Waals surface area contributed by atoms with Crippen LogP contribution in [0.4, 0.5) is 11.6 Å². The van der Waals surface area contributed by atoms with Gasteiger partial charge in [-0.3, -0.25) is 15.5 Å². The second-order valence-corrected chi connectivity index (χ2v) is 4.48. The summed E-state index contributed by atoms with van der Waals surface area (Å²) in [4.78, 5) is 22.4. The Morgan fingerprint density at radius 1 is 1.42 bits per heavy atom. The van der Waals surface area contributed by atoms with Gasteiger partial charge < -0.3 is 4.42 Å². The molecule has 0 bridgehead atoms. The van der Waals surface area contributed by atoms with Crippen LogP contribution in [0.15, 0.2) is 20.9 Å². The second kappa shape index (κ2) is 5.20. The fourth-order valence-electron chi connectivity index (χ4n) is 1.35. The molecular weight excluding hydrogens is 272 g/mol. The number of nitrogens with zero attached hydrogens (tertiary/aromatic N) is 4. The molecule has 19 heavy (non-hydrogen) atoms. The van der Waals surface area contributed by atoms with E-state index in [1.165, 1.54) is 13.2 Å². The summed E-state index contributed by atoms with van der Waals surface area (Å²) < 4.78 is 5.13. The van der Waals surface area contributed by atoms with Gasteiger partial charge in [-0.2, -0.15) is 4.98 Å². The molecule has 2 aromatic heterocycles. The summed E-state index contributed by atoms with van der Waals surface area (Å²) >= 11 is 0.941. The highest BCUT2D eigenvalue weighted by Crippen LogP contribution is 2.34. The molecule has 0 aliphatic rings. The van der Waals surface area contributed by atoms with Crippen molar-refractivity contribution in [2.75, 3.05) is 5.43 Å². The highest BCUT2D eigenvalue weighted by atomic mass is 32.2. The van der Waals surface area contributed by atoms with Crippen molar-refractivity contribution in [3.05, 3.63) is 27.8 Å². The van der Waals surface area contributed by atoms with Crippen LogP contribution in [0.25, 0.3) is 0 Å². The first-order valence-corrected chi connectivity index (χ1v) is 5.92. The lowest BCUT2D eigenvalue weighted by molar-refractivity contribution is -0.389. The zero-order valence-corrected chi connectivity index (χ0v) is 10.9. The van der Waals surface area contributed by atoms with Crippen molar-refractivity contribution in [2.24, 2.45) is 5.84 Å². The normalized spacial score (nSPS) is 10.5. The van der Waals surface area contributed by atoms with Crippen molar-refractivity contribution in [1.82, 2.24) is 15.0 Å². The predicted octanol–water partition coefficient (Wildman–Crippen LogP) is 1.43. The summed E-state index contributed by atoms with van der Waals surface area (Å²) in [6.07, 6.45) is 1.45. The molecule has 0 fully saturated rings. The Balaban J connectivity index is 2.47. The number of hydrogen-bond acceptors (Lipinski definition) is 9. The second-order valence-electron chi connectivity index (χ2n) is 3.54. The van der Waals surface area contributed by atoms with Gasteiger partial charge in [0.25, 0.3) is 5.22 Å². The van der Waals surface area contributed by atoms with Crippen LogP contribution in [-0.4, -0.2) is 19.9 Å². The van der Waals surface area contributed by atoms with Crippen LogP contribution in [0.3, 0.4) is 0 Å². The van der Waals surface area contributed by atoms with Crippen LogP contribution in [0.1, 0.15) is 11.4 Å². The number of anilines is 1. The van der Waals surface area contributed by atoms with Gasteiger partial charge >= 0.3 is 5.69 Å². The SMILES string of the molecule is Cc1coc(Sc2nc(NN)nc(C)c2[N+](=O)[O-])n1. The molecule has 2 rings (SSSR count). The lowest BCUT2D eigenvalue weighted by Crippen LogP contribution is -2.12. The third kappa shape index (κ3) is 2.80. The Hall–Kier alpha value is -2.20. The minimum absolute atomic E-state index is 0.0916. The van der Waals surface area contributed by atoms with E-state index in [2.05, 4.69) is 20.4 Å². The summed E-state index contributed by atoms with van der Waals surface area (Å²) in [5.41, 5.74) is 2.94. The Morgan fingerprint density at radius 2 is 2.16 bits per heavy atom. The zero-order chi connectivity index (χ0) is 14.0. The Morgan fingerprint density at radius 3 is 2.68 bits per heavy atom. The maximum Gasteiger partial charge on any atom is 0.323 e. The minimum atomic E-state index is -0.548. The summed E-state index contributed by atoms with van der Waals surface area (Å²) in [5, 5.41) is 11.4. The first-order chi connectivity index (χ1) is 9.01. The highest BCUT2D eigenvalue weighted by molar-refractivity contribution is 7.99. The maximum absolute atomic E-state index is 11.0. The summed E-state index contributed by atoms with van der Waals surface area (Å²) in [6, 6.07) is 0. The van der Waals surface area contributed by atoms with Gasteiger partial charge in [-0.1, -0.05) is 0 Å². The molecule has 0 radical (unpaired) electrons. The Bertz CT molecular complexity index is 628. The molecule has 0 amide bonds. The maximum atomic E-state index is 11.0. The minimum Gasteiger partial charge on any atom is -0.439 e. The number of hydrogen-bond donors (Lipinski definition) is 2. The van der Waals surface area contributed by atoms with E-state index in [1.54, 1.807) is 6.92 Å². The molecule has 0 unspecified atom stereocenters. The van der Waals surface area contributed by atoms with Crippen LogP contribution >= 0.6 is 11.8 Å². The van der Waals surface area contributed by atoms with Crippen molar-refractivity contribution in [2.45, 2.75) is 24.1 Å². The molecular formula is C9H10N6O3S. The number of nitro groups is 1. The molecule has 0 atom stereocenters. The highest BCUT2D eigenvalue weighted by Gasteiger charge is 2.24. The van der Waals surface area contributed by atoms with E-state index < -0.39 is 4.92 Å². The van der Waals surface area contributed by atoms with E-state index in [9.17, 15) is 10.1 Å². The molecule has 2 heterocycles. The predicted molar refractivity (Wildman–Crippen MR) is 66.6 cm³/mol. The monoisotopic (exact) mass is 282 g/mol. The third-order valence-electron chi connectivity index (χ3n) is 2.12. The molecule has 0 spiro atoms. The number of aryl methyl sites for hydroxylation is 2. The molecule has 100 valence electrons. The van der Waals surface area contributed by atoms with E-state index in [0.717, 1.165) is 11.8 Å². The van der Waals surface area contributed by atoms with E-state index >= 15 is 0 Å². The molecule has 0 saturated heterocycles. The van der Waals surface area contributed by atoms with Gasteiger partial charge in [-0.25, -0.2) is 15.8 Å². The number of rotatable bonds is 4. The van der Waals surface area contributed by atoms with Crippen LogP contribution in [0.2, 0.25) is 0 Å². The number of nitrogen functional groups attached to an aromatic ring is 1. The number of nitrogens with two attached hydrogens (primary N) is 1. The van der Waals surface area contributed by atoms with Crippen LogP contribution < -0.4 is 11.3 Å². The fourth-order valence-corrected chi connectivity index (χ4v) is 2.25. The van der Waals surface area contributed by atoms with Crippen molar-refractivity contribution in [3.8, 4) is 0 Å². The van der Waals surface area contributed by atoms with Crippen LogP contribution in [0.5, 0.6) is 0 Å². The fraction of sp³-hybridized carbons (Fsp3) is 0.222. The molecule has 0 aliphatic carbocycles. The molecule has 0 aromatic carbocycles. The lowest BCUT2D eigenvalue weighted by atomic mass is 10.4. The van der Waals surface area contributed by atoms with Crippen LogP contribution in [0, 0.1) is 24.0 Å². The van der Waals surface area contributed by atoms with E-state index in [4.69, 9.17) is 10.3 Å². The smallest absolute Gasteiger partial charge is 0.323 e. The van der Waals surface area contributed by atoms with E-state index in [1.807, 2.05) is 0 Å². The number of oxazole rings is 1. The summed E-state index contributed by atoms with van der Waals surface area (Å²) in [5.74, 6) is 5.31. The molecule has 0 aliphatic heterocycles. The van der Waals surface area contributed by atoms with Gasteiger partial charge in [0.2, 0.25) is 5.95 Å². The van der Waals surface area contributed by atoms with Gasteiger partial charge in [0.1, 0.15) is 12.0 Å². The van der Waals surface area contributed by atoms with Gasteiger partial charge in [0.15, 0.2) is 5.03 Å². The van der Waals surface area contributed by atoms with E-state index in [-0.39, 0.29) is 27.6 Å². The molecule has 10 heteroatoms. The standard InChI is InChI=1S/C9H10N6O3S/c1-4-3-18-9(11-4)19-7-6(15(16)17)5(2)12-8(13-7)14-10/h3H,10H2,1-2H3,(H,12,13,14). The number of nitrogens with one attached hydrogen (secondary N) is 1. The van der Waals surface area contributed by atoms with Crippen molar-refractivity contribution in [3.63, 3.8) is 0 Å². The average molecular weight is 282 g/mol. The van der Waals surface area contributed by atoms with Gasteiger partial charge in [-0.05, 0) is 25.6 Å². The van der Waals surface area contributed by atoms with Gasteiger partial charge in [0, 0.05) is 0 Å². The molecule has 2 aromatic rings. The van der Waals surface area contributed by atoms with E-state index in [0.29, 0.717) is 5.69 Å². The lowest BCUT2D eigenvalue weighted by Gasteiger charge is -2.04. The molecule has 0 saturated carbocycles. The van der Waals surface area contributed by atoms with Gasteiger partial charge in [0.05, 0.1) is 10.6 Å². The molecule has 3 N–H and O–H groups in total. The first-order valence-electron chi connectivity index (χ1n) is 5.11. The Kier molecular flexibility index (Phi) is 3.62. The first kappa shape index (κ1) is 13.2. The molecule has 9 nitrogen and oxygen atoms in total. The van der Waals surface area contributed by atoms with Crippen LogP contribution in [-0.2, 0) is 0 Å². The van der Waals surface area contributed by atoms with Gasteiger partial charge in [-0.15, -0.1) is 0 Å². The quantitative estimate of drug-likeness (QED) is 0.369. The summed E-state index contributed by atoms with van der Waals surface area (Å²) in [7, 11) is 0.